The van der Waals surface area contributed by atoms with E-state index in [1.54, 1.807) is 37.5 Å². The number of thioether (sulfide) groups is 1. The number of hydrogen-bond acceptors (Lipinski definition) is 7. The van der Waals surface area contributed by atoms with E-state index in [1.165, 1.54) is 16.9 Å². The van der Waals surface area contributed by atoms with Crippen LogP contribution >= 0.6 is 11.8 Å². The zero-order valence-electron chi connectivity index (χ0n) is 19.7. The Balaban J connectivity index is 1.36. The number of rotatable bonds is 8. The number of ether oxygens (including phenoxy) is 2. The molecule has 1 saturated heterocycles. The molecule has 4 rings (SSSR count). The SMILES string of the molecule is COc1ccc(COc2ccc(C=C3SC(=Nc4ccc(NS(=O)(=O)C(F)(F)F)cc4)NC3=O)cc2)cc1. The predicted molar refractivity (Wildman–Crippen MR) is 140 cm³/mol. The van der Waals surface area contributed by atoms with Crippen molar-refractivity contribution in [2.75, 3.05) is 11.8 Å². The molecule has 1 aliphatic heterocycles. The fourth-order valence-corrected chi connectivity index (χ4v) is 4.52. The summed E-state index contributed by atoms with van der Waals surface area (Å²) in [6.45, 7) is 0.387. The molecule has 3 aromatic rings. The lowest BCUT2D eigenvalue weighted by Crippen LogP contribution is -2.29. The van der Waals surface area contributed by atoms with Gasteiger partial charge in [-0.1, -0.05) is 24.3 Å². The molecule has 2 N–H and O–H groups in total. The van der Waals surface area contributed by atoms with Crippen LogP contribution in [0.4, 0.5) is 24.5 Å². The highest BCUT2D eigenvalue weighted by Crippen LogP contribution is 2.30. The first-order chi connectivity index (χ1) is 18.0. The summed E-state index contributed by atoms with van der Waals surface area (Å²) in [5.41, 5.74) is -3.64. The van der Waals surface area contributed by atoms with Crippen molar-refractivity contribution in [3.8, 4) is 11.5 Å². The van der Waals surface area contributed by atoms with Crippen molar-refractivity contribution in [3.63, 3.8) is 0 Å². The maximum absolute atomic E-state index is 12.5. The first-order valence-electron chi connectivity index (χ1n) is 10.9. The number of nitrogens with zero attached hydrogens (tertiary/aromatic N) is 1. The van der Waals surface area contributed by atoms with E-state index in [4.69, 9.17) is 9.47 Å². The van der Waals surface area contributed by atoms with Gasteiger partial charge in [0.2, 0.25) is 0 Å². The van der Waals surface area contributed by atoms with Crippen molar-refractivity contribution in [2.24, 2.45) is 4.99 Å². The summed E-state index contributed by atoms with van der Waals surface area (Å²) in [6.07, 6.45) is 1.69. The van der Waals surface area contributed by atoms with E-state index in [0.29, 0.717) is 22.9 Å². The maximum Gasteiger partial charge on any atom is 0.516 e. The molecular formula is C25H20F3N3O5S2. The van der Waals surface area contributed by atoms with E-state index in [1.807, 2.05) is 24.3 Å². The van der Waals surface area contributed by atoms with E-state index in [-0.39, 0.29) is 16.8 Å². The van der Waals surface area contributed by atoms with Gasteiger partial charge >= 0.3 is 15.5 Å². The van der Waals surface area contributed by atoms with Gasteiger partial charge in [0.15, 0.2) is 5.17 Å². The smallest absolute Gasteiger partial charge is 0.497 e. The second kappa shape index (κ2) is 11.2. The number of benzene rings is 3. The number of amides is 1. The third kappa shape index (κ3) is 6.86. The van der Waals surface area contributed by atoms with Crippen LogP contribution < -0.4 is 19.5 Å². The highest BCUT2D eigenvalue weighted by atomic mass is 32.2. The summed E-state index contributed by atoms with van der Waals surface area (Å²) >= 11 is 1.09. The molecule has 0 spiro atoms. The van der Waals surface area contributed by atoms with Gasteiger partial charge in [-0.05, 0) is 77.5 Å². The van der Waals surface area contributed by atoms with Crippen molar-refractivity contribution >= 4 is 50.3 Å². The van der Waals surface area contributed by atoms with Crippen LogP contribution in [0.15, 0.2) is 82.7 Å². The molecule has 0 bridgehead atoms. The second-order valence-electron chi connectivity index (χ2n) is 7.79. The van der Waals surface area contributed by atoms with Gasteiger partial charge in [0.25, 0.3) is 5.91 Å². The minimum atomic E-state index is -5.52. The van der Waals surface area contributed by atoms with Crippen LogP contribution in [0.5, 0.6) is 11.5 Å². The van der Waals surface area contributed by atoms with Gasteiger partial charge in [0.05, 0.1) is 17.7 Å². The molecule has 3 aromatic carbocycles. The molecule has 0 unspecified atom stereocenters. The van der Waals surface area contributed by atoms with Crippen LogP contribution in [0.3, 0.4) is 0 Å². The molecule has 0 aliphatic carbocycles. The summed E-state index contributed by atoms with van der Waals surface area (Å²) in [5.74, 6) is 1.07. The zero-order valence-corrected chi connectivity index (χ0v) is 21.3. The van der Waals surface area contributed by atoms with Crippen LogP contribution in [-0.2, 0) is 21.4 Å². The Morgan fingerprint density at radius 1 is 0.974 bits per heavy atom. The van der Waals surface area contributed by atoms with Gasteiger partial charge in [0, 0.05) is 5.69 Å². The van der Waals surface area contributed by atoms with Crippen molar-refractivity contribution in [2.45, 2.75) is 12.1 Å². The molecule has 1 fully saturated rings. The number of carbonyl (C=O) groups excluding carboxylic acids is 1. The number of sulfonamides is 1. The highest BCUT2D eigenvalue weighted by molar-refractivity contribution is 8.18. The number of amidine groups is 1. The topological polar surface area (TPSA) is 106 Å². The summed E-state index contributed by atoms with van der Waals surface area (Å²) in [5, 5.41) is 2.88. The fraction of sp³-hybridized carbons (Fsp3) is 0.120. The van der Waals surface area contributed by atoms with Crippen molar-refractivity contribution in [3.05, 3.63) is 88.8 Å². The number of carbonyl (C=O) groups is 1. The average Bonchev–Trinajstić information content (AvgIpc) is 3.22. The highest BCUT2D eigenvalue weighted by Gasteiger charge is 2.46. The minimum absolute atomic E-state index is 0.268. The predicted octanol–water partition coefficient (Wildman–Crippen LogP) is 5.43. The Kier molecular flexibility index (Phi) is 7.97. The third-order valence-electron chi connectivity index (χ3n) is 5.05. The zero-order chi connectivity index (χ0) is 27.3. The van der Waals surface area contributed by atoms with Gasteiger partial charge in [-0.15, -0.1) is 0 Å². The number of halogens is 3. The maximum atomic E-state index is 12.5. The second-order valence-corrected chi connectivity index (χ2v) is 10.5. The fourth-order valence-electron chi connectivity index (χ4n) is 3.11. The molecule has 1 aliphatic rings. The molecule has 0 aromatic heterocycles. The molecule has 1 heterocycles. The van der Waals surface area contributed by atoms with Crippen LogP contribution in [-0.4, -0.2) is 32.1 Å². The Morgan fingerprint density at radius 3 is 2.21 bits per heavy atom. The summed E-state index contributed by atoms with van der Waals surface area (Å²) in [6, 6.07) is 19.6. The Hall–Kier alpha value is -3.97. The normalized spacial score (nSPS) is 15.9. The van der Waals surface area contributed by atoms with Gasteiger partial charge < -0.3 is 14.8 Å². The molecule has 0 saturated carbocycles. The lowest BCUT2D eigenvalue weighted by Gasteiger charge is -2.10. The molecular weight excluding hydrogens is 543 g/mol. The Morgan fingerprint density at radius 2 is 1.61 bits per heavy atom. The van der Waals surface area contributed by atoms with Gasteiger partial charge in [-0.3, -0.25) is 9.52 Å². The Labute approximate surface area is 220 Å². The van der Waals surface area contributed by atoms with E-state index in [2.05, 4.69) is 10.3 Å². The largest absolute Gasteiger partial charge is 0.516 e. The Bertz CT molecular complexity index is 1470. The standard InChI is InChI=1S/C25H20F3N3O5S2/c1-35-20-10-4-17(5-11-20)15-36-21-12-2-16(3-13-21)14-22-23(32)30-24(37-22)29-18-6-8-19(9-7-18)31-38(33,34)25(26,27)28/h2-14,31H,15H2,1H3,(H,29,30,32). The average molecular weight is 564 g/mol. The van der Waals surface area contributed by atoms with Gasteiger partial charge in [0.1, 0.15) is 18.1 Å². The summed E-state index contributed by atoms with van der Waals surface area (Å²) in [4.78, 5) is 17.0. The first kappa shape index (κ1) is 27.1. The van der Waals surface area contributed by atoms with Crippen LogP contribution in [0, 0.1) is 0 Å². The molecule has 1 amide bonds. The van der Waals surface area contributed by atoms with Crippen LogP contribution in [0.2, 0.25) is 0 Å². The van der Waals surface area contributed by atoms with Gasteiger partial charge in [-0.25, -0.2) is 4.99 Å². The molecule has 38 heavy (non-hydrogen) atoms. The minimum Gasteiger partial charge on any atom is -0.497 e. The summed E-state index contributed by atoms with van der Waals surface area (Å²) < 4.78 is 72.3. The van der Waals surface area contributed by atoms with Crippen molar-refractivity contribution in [1.29, 1.82) is 0 Å². The molecule has 8 nitrogen and oxygen atoms in total. The van der Waals surface area contributed by atoms with Crippen molar-refractivity contribution in [1.82, 2.24) is 5.32 Å². The van der Waals surface area contributed by atoms with Crippen LogP contribution in [0.1, 0.15) is 11.1 Å². The molecule has 13 heteroatoms. The molecule has 0 atom stereocenters. The lowest BCUT2D eigenvalue weighted by atomic mass is 10.2. The van der Waals surface area contributed by atoms with E-state index >= 15 is 0 Å². The number of nitrogens with one attached hydrogen (secondary N) is 2. The number of hydrogen-bond donors (Lipinski definition) is 2. The van der Waals surface area contributed by atoms with Gasteiger partial charge in [-0.2, -0.15) is 21.6 Å². The van der Waals surface area contributed by atoms with E-state index < -0.39 is 15.5 Å². The number of aliphatic imine (C=N–C) groups is 1. The quantitative estimate of drug-likeness (QED) is 0.354. The monoisotopic (exact) mass is 563 g/mol. The molecule has 0 radical (unpaired) electrons. The number of methoxy groups -OCH3 is 1. The lowest BCUT2D eigenvalue weighted by molar-refractivity contribution is -0.115. The van der Waals surface area contributed by atoms with Crippen molar-refractivity contribution < 1.29 is 35.9 Å². The van der Waals surface area contributed by atoms with E-state index in [9.17, 15) is 26.4 Å². The first-order valence-corrected chi connectivity index (χ1v) is 13.2. The van der Waals surface area contributed by atoms with E-state index in [0.717, 1.165) is 40.8 Å². The number of anilines is 1. The molecule has 198 valence electrons. The van der Waals surface area contributed by atoms with Crippen LogP contribution in [0.25, 0.3) is 6.08 Å². The third-order valence-corrected chi connectivity index (χ3v) is 7.07. The summed E-state index contributed by atoms with van der Waals surface area (Å²) in [7, 11) is -3.92. The number of alkyl halides is 3.